The van der Waals surface area contributed by atoms with Crippen molar-refractivity contribution in [3.63, 3.8) is 0 Å². The SMILES string of the molecule is Cc1cc(C)cc(O[C@H](C)C(=O)Nc2c(C(=O)c3ccc(Cl)cc3)oc3ccccc23)c1. The number of hydrogen-bond donors (Lipinski definition) is 1. The lowest BCUT2D eigenvalue weighted by Gasteiger charge is -2.16. The van der Waals surface area contributed by atoms with Crippen LogP contribution in [-0.4, -0.2) is 17.8 Å². The Kier molecular flexibility index (Phi) is 6.01. The molecule has 0 aliphatic heterocycles. The van der Waals surface area contributed by atoms with Crippen LogP contribution in [0.15, 0.2) is 71.1 Å². The number of rotatable bonds is 6. The van der Waals surface area contributed by atoms with Crippen molar-refractivity contribution >= 4 is 39.9 Å². The van der Waals surface area contributed by atoms with E-state index in [9.17, 15) is 9.59 Å². The molecule has 32 heavy (non-hydrogen) atoms. The molecule has 1 aromatic heterocycles. The van der Waals surface area contributed by atoms with Crippen LogP contribution in [-0.2, 0) is 4.79 Å². The summed E-state index contributed by atoms with van der Waals surface area (Å²) >= 11 is 5.94. The molecule has 1 heterocycles. The molecule has 6 heteroatoms. The Bertz CT molecular complexity index is 1290. The van der Waals surface area contributed by atoms with Crippen molar-refractivity contribution < 1.29 is 18.7 Å². The first-order valence-corrected chi connectivity index (χ1v) is 10.6. The number of aryl methyl sites for hydroxylation is 2. The van der Waals surface area contributed by atoms with Gasteiger partial charge in [-0.25, -0.2) is 0 Å². The zero-order chi connectivity index (χ0) is 22.8. The summed E-state index contributed by atoms with van der Waals surface area (Å²) in [6.07, 6.45) is -0.789. The second kappa shape index (κ2) is 8.89. The molecule has 0 aliphatic rings. The lowest BCUT2D eigenvalue weighted by atomic mass is 10.1. The Morgan fingerprint density at radius 2 is 1.62 bits per heavy atom. The Morgan fingerprint density at radius 3 is 2.31 bits per heavy atom. The summed E-state index contributed by atoms with van der Waals surface area (Å²) in [5, 5.41) is 4.00. The van der Waals surface area contributed by atoms with Crippen molar-refractivity contribution in [3.8, 4) is 5.75 Å². The fraction of sp³-hybridized carbons (Fsp3) is 0.154. The molecule has 0 aliphatic carbocycles. The fourth-order valence-corrected chi connectivity index (χ4v) is 3.67. The summed E-state index contributed by atoms with van der Waals surface area (Å²) in [5.41, 5.74) is 3.32. The van der Waals surface area contributed by atoms with Gasteiger partial charge < -0.3 is 14.5 Å². The zero-order valence-corrected chi connectivity index (χ0v) is 18.7. The molecule has 5 nitrogen and oxygen atoms in total. The Balaban J connectivity index is 1.64. The topological polar surface area (TPSA) is 68.5 Å². The van der Waals surface area contributed by atoms with Crippen molar-refractivity contribution in [1.29, 1.82) is 0 Å². The molecule has 0 spiro atoms. The molecule has 0 unspecified atom stereocenters. The number of carbonyl (C=O) groups excluding carboxylic acids is 2. The van der Waals surface area contributed by atoms with Gasteiger partial charge in [-0.3, -0.25) is 9.59 Å². The first-order chi connectivity index (χ1) is 15.3. The summed E-state index contributed by atoms with van der Waals surface area (Å²) in [4.78, 5) is 26.1. The summed E-state index contributed by atoms with van der Waals surface area (Å²) in [6, 6.07) is 19.5. The fourth-order valence-electron chi connectivity index (χ4n) is 3.55. The third-order valence-electron chi connectivity index (χ3n) is 5.03. The molecule has 1 N–H and O–H groups in total. The van der Waals surface area contributed by atoms with Crippen molar-refractivity contribution in [2.45, 2.75) is 26.9 Å². The van der Waals surface area contributed by atoms with Gasteiger partial charge in [-0.1, -0.05) is 29.8 Å². The number of anilines is 1. The maximum atomic E-state index is 13.1. The normalized spacial score (nSPS) is 11.9. The number of carbonyl (C=O) groups is 2. The van der Waals surface area contributed by atoms with Crippen LogP contribution in [0.25, 0.3) is 11.0 Å². The van der Waals surface area contributed by atoms with Crippen LogP contribution >= 0.6 is 11.6 Å². The maximum absolute atomic E-state index is 13.1. The van der Waals surface area contributed by atoms with Gasteiger partial charge >= 0.3 is 0 Å². The molecule has 0 radical (unpaired) electrons. The van der Waals surface area contributed by atoms with Gasteiger partial charge in [0.15, 0.2) is 11.9 Å². The van der Waals surface area contributed by atoms with Crippen LogP contribution in [0.3, 0.4) is 0 Å². The minimum atomic E-state index is -0.789. The number of para-hydroxylation sites is 1. The summed E-state index contributed by atoms with van der Waals surface area (Å²) < 4.78 is 11.7. The Morgan fingerprint density at radius 1 is 0.969 bits per heavy atom. The van der Waals surface area contributed by atoms with Gasteiger partial charge in [-0.15, -0.1) is 0 Å². The predicted molar refractivity (Wildman–Crippen MR) is 126 cm³/mol. The molecule has 1 atom stereocenters. The second-order valence-corrected chi connectivity index (χ2v) is 8.15. The van der Waals surface area contributed by atoms with Gasteiger partial charge in [0.1, 0.15) is 11.3 Å². The summed E-state index contributed by atoms with van der Waals surface area (Å²) in [6.45, 7) is 5.60. The number of ketones is 1. The van der Waals surface area contributed by atoms with Crippen molar-refractivity contribution in [1.82, 2.24) is 0 Å². The highest BCUT2D eigenvalue weighted by molar-refractivity contribution is 6.30. The third kappa shape index (κ3) is 4.53. The number of ether oxygens (including phenoxy) is 1. The van der Waals surface area contributed by atoms with Crippen LogP contribution < -0.4 is 10.1 Å². The first kappa shape index (κ1) is 21.7. The smallest absolute Gasteiger partial charge is 0.265 e. The number of amides is 1. The molecule has 4 aromatic rings. The van der Waals surface area contributed by atoms with Crippen LogP contribution in [0.2, 0.25) is 5.02 Å². The third-order valence-corrected chi connectivity index (χ3v) is 5.29. The zero-order valence-electron chi connectivity index (χ0n) is 17.9. The molecular formula is C26H22ClNO4. The van der Waals surface area contributed by atoms with Crippen molar-refractivity contribution in [3.05, 3.63) is 94.2 Å². The highest BCUT2D eigenvalue weighted by Crippen LogP contribution is 2.33. The average Bonchev–Trinajstić information content (AvgIpc) is 3.11. The first-order valence-electron chi connectivity index (χ1n) is 10.2. The molecule has 162 valence electrons. The van der Waals surface area contributed by atoms with E-state index < -0.39 is 6.10 Å². The van der Waals surface area contributed by atoms with Crippen LogP contribution in [0.5, 0.6) is 5.75 Å². The number of halogens is 1. The number of nitrogens with one attached hydrogen (secondary N) is 1. The Labute approximate surface area is 191 Å². The predicted octanol–water partition coefficient (Wildman–Crippen LogP) is 6.34. The van der Waals surface area contributed by atoms with Crippen molar-refractivity contribution in [2.75, 3.05) is 5.32 Å². The van der Waals surface area contributed by atoms with E-state index in [-0.39, 0.29) is 17.5 Å². The molecule has 4 rings (SSSR count). The number of furan rings is 1. The van der Waals surface area contributed by atoms with E-state index in [2.05, 4.69) is 5.32 Å². The lowest BCUT2D eigenvalue weighted by molar-refractivity contribution is -0.122. The van der Waals surface area contributed by atoms with E-state index in [1.807, 2.05) is 38.1 Å². The second-order valence-electron chi connectivity index (χ2n) is 7.71. The van der Waals surface area contributed by atoms with E-state index in [1.54, 1.807) is 49.4 Å². The average molecular weight is 448 g/mol. The molecule has 1 amide bonds. The van der Waals surface area contributed by atoms with E-state index >= 15 is 0 Å². The molecule has 0 saturated heterocycles. The highest BCUT2D eigenvalue weighted by Gasteiger charge is 2.25. The number of benzene rings is 3. The largest absolute Gasteiger partial charge is 0.481 e. The Hall–Kier alpha value is -3.57. The van der Waals surface area contributed by atoms with E-state index in [4.69, 9.17) is 20.8 Å². The van der Waals surface area contributed by atoms with Gasteiger partial charge in [0, 0.05) is 16.0 Å². The highest BCUT2D eigenvalue weighted by atomic mass is 35.5. The monoisotopic (exact) mass is 447 g/mol. The van der Waals surface area contributed by atoms with E-state index in [1.165, 1.54) is 0 Å². The molecular weight excluding hydrogens is 426 g/mol. The molecule has 0 fully saturated rings. The number of hydrogen-bond acceptors (Lipinski definition) is 4. The van der Waals surface area contributed by atoms with Crippen LogP contribution in [0.4, 0.5) is 5.69 Å². The molecule has 0 bridgehead atoms. The van der Waals surface area contributed by atoms with Gasteiger partial charge in [-0.2, -0.15) is 0 Å². The van der Waals surface area contributed by atoms with Gasteiger partial charge in [0.05, 0.1) is 5.69 Å². The van der Waals surface area contributed by atoms with Gasteiger partial charge in [0.25, 0.3) is 5.91 Å². The van der Waals surface area contributed by atoms with Gasteiger partial charge in [-0.05, 0) is 80.4 Å². The minimum Gasteiger partial charge on any atom is -0.481 e. The summed E-state index contributed by atoms with van der Waals surface area (Å²) in [7, 11) is 0. The maximum Gasteiger partial charge on any atom is 0.265 e. The minimum absolute atomic E-state index is 0.0560. The van der Waals surface area contributed by atoms with E-state index in [0.717, 1.165) is 11.1 Å². The standard InChI is InChI=1S/C26H22ClNO4/c1-15-12-16(2)14-20(13-15)31-17(3)26(30)28-23-21-6-4-5-7-22(21)32-25(23)24(29)18-8-10-19(27)11-9-18/h4-14,17H,1-3H3,(H,28,30)/t17-/m1/s1. The lowest BCUT2D eigenvalue weighted by Crippen LogP contribution is -2.30. The summed E-state index contributed by atoms with van der Waals surface area (Å²) in [5.74, 6) is -0.0722. The molecule has 0 saturated carbocycles. The van der Waals surface area contributed by atoms with Crippen LogP contribution in [0.1, 0.15) is 34.2 Å². The van der Waals surface area contributed by atoms with Crippen LogP contribution in [0, 0.1) is 13.8 Å². The molecule has 3 aromatic carbocycles. The number of fused-ring (bicyclic) bond motifs is 1. The van der Waals surface area contributed by atoms with Crippen molar-refractivity contribution in [2.24, 2.45) is 0 Å². The van der Waals surface area contributed by atoms with E-state index in [0.29, 0.717) is 33.0 Å². The van der Waals surface area contributed by atoms with Gasteiger partial charge in [0.2, 0.25) is 5.78 Å². The quantitative estimate of drug-likeness (QED) is 0.350.